The third-order valence-corrected chi connectivity index (χ3v) is 4.36. The van der Waals surface area contributed by atoms with Gasteiger partial charge in [-0.2, -0.15) is 4.98 Å². The Morgan fingerprint density at radius 1 is 1.29 bits per heavy atom. The second kappa shape index (κ2) is 6.88. The van der Waals surface area contributed by atoms with E-state index in [9.17, 15) is 4.79 Å². The highest BCUT2D eigenvalue weighted by Gasteiger charge is 2.11. The Morgan fingerprint density at radius 3 is 2.88 bits per heavy atom. The zero-order chi connectivity index (χ0) is 17.1. The molecule has 0 bridgehead atoms. The molecule has 124 valence electrons. The molecule has 0 spiro atoms. The number of nitrogens with one attached hydrogen (secondary N) is 1. The van der Waals surface area contributed by atoms with Gasteiger partial charge < -0.3 is 14.2 Å². The summed E-state index contributed by atoms with van der Waals surface area (Å²) in [6.07, 6.45) is 0. The van der Waals surface area contributed by atoms with Gasteiger partial charge in [-0.1, -0.05) is 29.1 Å². The number of methoxy groups -OCH3 is 1. The van der Waals surface area contributed by atoms with Crippen molar-refractivity contribution in [1.29, 1.82) is 0 Å². The Hall–Kier alpha value is -2.61. The maximum atomic E-state index is 11.7. The van der Waals surface area contributed by atoms with Gasteiger partial charge in [-0.05, 0) is 26.0 Å². The first kappa shape index (κ1) is 16.3. The topological polar surface area (TPSA) is 93.9 Å². The molecule has 0 aliphatic carbocycles. The molecule has 0 amide bonds. The lowest BCUT2D eigenvalue weighted by molar-refractivity contribution is 0.391. The summed E-state index contributed by atoms with van der Waals surface area (Å²) >= 11 is 1.34. The van der Waals surface area contributed by atoms with E-state index in [1.807, 2.05) is 31.2 Å². The van der Waals surface area contributed by atoms with Gasteiger partial charge in [-0.15, -0.1) is 0 Å². The Morgan fingerprint density at radius 2 is 2.12 bits per heavy atom. The number of ether oxygens (including phenoxy) is 1. The molecular weight excluding hydrogens is 328 g/mol. The summed E-state index contributed by atoms with van der Waals surface area (Å²) in [6, 6.07) is 7.43. The number of nitrogens with zero attached hydrogens (tertiary/aromatic N) is 3. The average molecular weight is 344 g/mol. The number of thioether (sulfide) groups is 1. The first-order valence-corrected chi connectivity index (χ1v) is 8.22. The van der Waals surface area contributed by atoms with E-state index in [0.717, 1.165) is 11.3 Å². The summed E-state index contributed by atoms with van der Waals surface area (Å²) in [5, 5.41) is 4.51. The number of rotatable bonds is 5. The van der Waals surface area contributed by atoms with Crippen molar-refractivity contribution in [2.75, 3.05) is 7.11 Å². The lowest BCUT2D eigenvalue weighted by Gasteiger charge is -2.01. The third kappa shape index (κ3) is 3.48. The van der Waals surface area contributed by atoms with E-state index in [2.05, 4.69) is 20.1 Å². The van der Waals surface area contributed by atoms with E-state index >= 15 is 0 Å². The van der Waals surface area contributed by atoms with Gasteiger partial charge in [0.2, 0.25) is 11.7 Å². The number of benzene rings is 1. The van der Waals surface area contributed by atoms with Crippen molar-refractivity contribution < 1.29 is 9.26 Å². The first-order valence-electron chi connectivity index (χ1n) is 7.24. The van der Waals surface area contributed by atoms with Crippen molar-refractivity contribution in [3.63, 3.8) is 0 Å². The highest BCUT2D eigenvalue weighted by atomic mass is 32.2. The monoisotopic (exact) mass is 344 g/mol. The standard InChI is InChI=1S/C16H16N4O3S/c1-9-10(2)17-16(19-15(9)21)24-8-13-18-14(20-23-13)11-5-4-6-12(7-11)22-3/h4-7H,8H2,1-3H3,(H,17,19,21). The minimum Gasteiger partial charge on any atom is -0.497 e. The summed E-state index contributed by atoms with van der Waals surface area (Å²) in [5.74, 6) is 2.09. The predicted octanol–water partition coefficient (Wildman–Crippen LogP) is 2.74. The van der Waals surface area contributed by atoms with Crippen LogP contribution in [0.15, 0.2) is 38.7 Å². The van der Waals surface area contributed by atoms with Gasteiger partial charge >= 0.3 is 0 Å². The molecular formula is C16H16N4O3S. The number of H-pyrrole nitrogens is 1. The molecule has 8 heteroatoms. The van der Waals surface area contributed by atoms with Crippen molar-refractivity contribution in [3.05, 3.63) is 51.8 Å². The quantitative estimate of drug-likeness (QED) is 0.562. The van der Waals surface area contributed by atoms with Crippen molar-refractivity contribution in [2.24, 2.45) is 0 Å². The van der Waals surface area contributed by atoms with Crippen LogP contribution < -0.4 is 10.3 Å². The van der Waals surface area contributed by atoms with Gasteiger partial charge in [-0.3, -0.25) is 4.79 Å². The average Bonchev–Trinajstić information content (AvgIpc) is 3.07. The van der Waals surface area contributed by atoms with E-state index in [1.165, 1.54) is 11.8 Å². The summed E-state index contributed by atoms with van der Waals surface area (Å²) in [5.41, 5.74) is 2.01. The summed E-state index contributed by atoms with van der Waals surface area (Å²) < 4.78 is 10.4. The SMILES string of the molecule is COc1cccc(-c2noc(CSc3nc(C)c(C)c(=O)[nH]3)n2)c1. The summed E-state index contributed by atoms with van der Waals surface area (Å²) in [6.45, 7) is 3.55. The minimum atomic E-state index is -0.132. The molecule has 0 aliphatic heterocycles. The zero-order valence-corrected chi connectivity index (χ0v) is 14.3. The van der Waals surface area contributed by atoms with Gasteiger partial charge in [0.05, 0.1) is 12.9 Å². The summed E-state index contributed by atoms with van der Waals surface area (Å²) in [7, 11) is 1.61. The van der Waals surface area contributed by atoms with Crippen LogP contribution in [0, 0.1) is 13.8 Å². The highest BCUT2D eigenvalue weighted by Crippen LogP contribution is 2.23. The first-order chi connectivity index (χ1) is 11.6. The van der Waals surface area contributed by atoms with E-state index < -0.39 is 0 Å². The lowest BCUT2D eigenvalue weighted by atomic mass is 10.2. The molecule has 3 aromatic rings. The molecule has 0 saturated heterocycles. The van der Waals surface area contributed by atoms with Crippen LogP contribution in [0.1, 0.15) is 17.1 Å². The fourth-order valence-electron chi connectivity index (χ4n) is 2.01. The molecule has 0 aliphatic rings. The van der Waals surface area contributed by atoms with Crippen molar-refractivity contribution in [1.82, 2.24) is 20.1 Å². The van der Waals surface area contributed by atoms with Gasteiger partial charge in [-0.25, -0.2) is 4.98 Å². The molecule has 0 saturated carbocycles. The Labute approximate surface area is 142 Å². The molecule has 24 heavy (non-hydrogen) atoms. The molecule has 2 heterocycles. The van der Waals surface area contributed by atoms with E-state index in [1.54, 1.807) is 14.0 Å². The van der Waals surface area contributed by atoms with E-state index in [4.69, 9.17) is 9.26 Å². The molecule has 1 aromatic carbocycles. The van der Waals surface area contributed by atoms with Crippen LogP contribution in [-0.4, -0.2) is 27.2 Å². The van der Waals surface area contributed by atoms with Gasteiger partial charge in [0.15, 0.2) is 5.16 Å². The van der Waals surface area contributed by atoms with Gasteiger partial charge in [0.1, 0.15) is 5.75 Å². The maximum Gasteiger partial charge on any atom is 0.254 e. The molecule has 7 nitrogen and oxygen atoms in total. The van der Waals surface area contributed by atoms with Crippen LogP contribution in [-0.2, 0) is 5.75 Å². The summed E-state index contributed by atoms with van der Waals surface area (Å²) in [4.78, 5) is 23.2. The third-order valence-electron chi connectivity index (χ3n) is 3.50. The minimum absolute atomic E-state index is 0.132. The van der Waals surface area contributed by atoms with Crippen molar-refractivity contribution >= 4 is 11.8 Å². The lowest BCUT2D eigenvalue weighted by Crippen LogP contribution is -2.14. The normalized spacial score (nSPS) is 10.8. The second-order valence-corrected chi connectivity index (χ2v) is 6.08. The number of aromatic nitrogens is 4. The van der Waals surface area contributed by atoms with E-state index in [-0.39, 0.29) is 5.56 Å². The maximum absolute atomic E-state index is 11.7. The fourth-order valence-corrected chi connectivity index (χ4v) is 2.75. The largest absolute Gasteiger partial charge is 0.497 e. The predicted molar refractivity (Wildman–Crippen MR) is 90.2 cm³/mol. The molecule has 0 atom stereocenters. The molecule has 0 fully saturated rings. The number of hydrogen-bond acceptors (Lipinski definition) is 7. The van der Waals surface area contributed by atoms with Gasteiger partial charge in [0, 0.05) is 16.8 Å². The van der Waals surface area contributed by atoms with Crippen molar-refractivity contribution in [2.45, 2.75) is 24.8 Å². The van der Waals surface area contributed by atoms with Crippen LogP contribution >= 0.6 is 11.8 Å². The van der Waals surface area contributed by atoms with Crippen LogP contribution in [0.5, 0.6) is 5.75 Å². The Kier molecular flexibility index (Phi) is 4.66. The van der Waals surface area contributed by atoms with Crippen molar-refractivity contribution in [3.8, 4) is 17.1 Å². The van der Waals surface area contributed by atoms with Crippen LogP contribution in [0.2, 0.25) is 0 Å². The zero-order valence-electron chi connectivity index (χ0n) is 13.5. The molecule has 3 rings (SSSR count). The van der Waals surface area contributed by atoms with Crippen LogP contribution in [0.25, 0.3) is 11.4 Å². The Bertz CT molecular complexity index is 920. The number of aryl methyl sites for hydroxylation is 1. The second-order valence-electron chi connectivity index (χ2n) is 5.11. The van der Waals surface area contributed by atoms with Crippen LogP contribution in [0.4, 0.5) is 0 Å². The molecule has 1 N–H and O–H groups in total. The van der Waals surface area contributed by atoms with Crippen LogP contribution in [0.3, 0.4) is 0 Å². The smallest absolute Gasteiger partial charge is 0.254 e. The van der Waals surface area contributed by atoms with Gasteiger partial charge in [0.25, 0.3) is 5.56 Å². The molecule has 2 aromatic heterocycles. The van der Waals surface area contributed by atoms with E-state index in [0.29, 0.717) is 33.9 Å². The Balaban J connectivity index is 1.73. The molecule has 0 radical (unpaired) electrons. The number of aromatic amines is 1. The highest BCUT2D eigenvalue weighted by molar-refractivity contribution is 7.98. The molecule has 0 unspecified atom stereocenters. The number of hydrogen-bond donors (Lipinski definition) is 1. The fraction of sp³-hybridized carbons (Fsp3) is 0.250.